The van der Waals surface area contributed by atoms with Gasteiger partial charge in [0, 0.05) is 36.0 Å². The van der Waals surface area contributed by atoms with Crippen LogP contribution in [0.1, 0.15) is 16.3 Å². The number of hydrogen-bond donors (Lipinski definition) is 2. The van der Waals surface area contributed by atoms with E-state index in [2.05, 4.69) is 25.9 Å². The highest BCUT2D eigenvalue weighted by molar-refractivity contribution is 7.09. The number of ether oxygens (including phenoxy) is 2. The normalized spacial score (nSPS) is 12.7. The molecule has 3 heterocycles. The van der Waals surface area contributed by atoms with Crippen molar-refractivity contribution in [3.05, 3.63) is 46.0 Å². The first kappa shape index (κ1) is 15.2. The van der Waals surface area contributed by atoms with Crippen molar-refractivity contribution in [2.75, 3.05) is 13.3 Å². The van der Waals surface area contributed by atoms with Crippen LogP contribution < -0.4 is 14.8 Å². The summed E-state index contributed by atoms with van der Waals surface area (Å²) in [5.41, 5.74) is 4.32. The monoisotopic (exact) mass is 342 g/mol. The van der Waals surface area contributed by atoms with E-state index in [1.165, 1.54) is 0 Å². The van der Waals surface area contributed by atoms with Gasteiger partial charge >= 0.3 is 0 Å². The van der Waals surface area contributed by atoms with E-state index < -0.39 is 0 Å². The molecule has 0 spiro atoms. The molecule has 0 amide bonds. The van der Waals surface area contributed by atoms with Crippen molar-refractivity contribution >= 4 is 11.3 Å². The van der Waals surface area contributed by atoms with Gasteiger partial charge in [0.1, 0.15) is 0 Å². The molecular formula is C17H18N4O2S. The van der Waals surface area contributed by atoms with Crippen molar-refractivity contribution in [1.29, 1.82) is 0 Å². The number of fused-ring (bicyclic) bond motifs is 1. The van der Waals surface area contributed by atoms with E-state index in [4.69, 9.17) is 9.47 Å². The van der Waals surface area contributed by atoms with Gasteiger partial charge in [-0.1, -0.05) is 0 Å². The molecule has 4 rings (SSSR count). The van der Waals surface area contributed by atoms with Crippen molar-refractivity contribution in [2.24, 2.45) is 0 Å². The summed E-state index contributed by atoms with van der Waals surface area (Å²) in [6, 6.07) is 5.93. The van der Waals surface area contributed by atoms with E-state index in [9.17, 15) is 0 Å². The average Bonchev–Trinajstić information content (AvgIpc) is 3.31. The molecule has 2 N–H and O–H groups in total. The van der Waals surface area contributed by atoms with Crippen LogP contribution >= 0.6 is 11.3 Å². The van der Waals surface area contributed by atoms with Gasteiger partial charge in [0.05, 0.1) is 22.6 Å². The van der Waals surface area contributed by atoms with Crippen LogP contribution in [0.5, 0.6) is 11.5 Å². The number of nitrogens with zero attached hydrogens (tertiary/aromatic N) is 2. The maximum atomic E-state index is 5.45. The minimum absolute atomic E-state index is 0.284. The summed E-state index contributed by atoms with van der Waals surface area (Å²) in [4.78, 5) is 4.48. The van der Waals surface area contributed by atoms with Gasteiger partial charge < -0.3 is 14.8 Å². The number of hydrogen-bond acceptors (Lipinski definition) is 6. The molecule has 0 aliphatic carbocycles. The average molecular weight is 342 g/mol. The van der Waals surface area contributed by atoms with Gasteiger partial charge in [-0.3, -0.25) is 5.10 Å². The Balaban J connectivity index is 1.39. The topological polar surface area (TPSA) is 72.1 Å². The van der Waals surface area contributed by atoms with Crippen LogP contribution in [0, 0.1) is 6.92 Å². The molecule has 0 unspecified atom stereocenters. The molecule has 7 heteroatoms. The number of H-pyrrole nitrogens is 1. The maximum Gasteiger partial charge on any atom is 0.231 e. The van der Waals surface area contributed by atoms with Gasteiger partial charge in [-0.2, -0.15) is 5.10 Å². The fourth-order valence-corrected chi connectivity index (χ4v) is 3.36. The second kappa shape index (κ2) is 6.62. The standard InChI is InChI=1S/C17H18N4O2S/c1-11-20-14(9-24-11)4-5-18-7-13-8-19-21-17(13)12-2-3-15-16(6-12)23-10-22-15/h2-3,6,8-9,18H,4-5,7,10H2,1H3,(H,19,21). The lowest BCUT2D eigenvalue weighted by atomic mass is 10.1. The van der Waals surface area contributed by atoms with Gasteiger partial charge in [-0.15, -0.1) is 11.3 Å². The fourth-order valence-electron chi connectivity index (χ4n) is 2.71. The maximum absolute atomic E-state index is 5.45. The number of aromatic amines is 1. The lowest BCUT2D eigenvalue weighted by Crippen LogP contribution is -2.17. The fraction of sp³-hybridized carbons (Fsp3) is 0.294. The number of benzene rings is 1. The molecule has 0 bridgehead atoms. The Morgan fingerprint density at radius 1 is 1.29 bits per heavy atom. The van der Waals surface area contributed by atoms with Crippen molar-refractivity contribution in [1.82, 2.24) is 20.5 Å². The summed E-state index contributed by atoms with van der Waals surface area (Å²) in [6.45, 7) is 3.95. The second-order valence-electron chi connectivity index (χ2n) is 5.62. The summed E-state index contributed by atoms with van der Waals surface area (Å²) in [6.07, 6.45) is 2.79. The zero-order valence-electron chi connectivity index (χ0n) is 13.3. The Morgan fingerprint density at radius 2 is 2.21 bits per heavy atom. The Bertz CT molecular complexity index is 843. The molecule has 6 nitrogen and oxygen atoms in total. The summed E-state index contributed by atoms with van der Waals surface area (Å²) in [5.74, 6) is 1.57. The summed E-state index contributed by atoms with van der Waals surface area (Å²) in [7, 11) is 0. The highest BCUT2D eigenvalue weighted by Crippen LogP contribution is 2.36. The molecule has 2 aromatic heterocycles. The minimum atomic E-state index is 0.284. The summed E-state index contributed by atoms with van der Waals surface area (Å²) in [5, 5.41) is 14.0. The van der Waals surface area contributed by atoms with E-state index in [-0.39, 0.29) is 6.79 Å². The van der Waals surface area contributed by atoms with E-state index in [1.807, 2.05) is 31.3 Å². The smallest absolute Gasteiger partial charge is 0.231 e. The molecule has 0 saturated heterocycles. The molecule has 0 fully saturated rings. The van der Waals surface area contributed by atoms with Crippen molar-refractivity contribution in [3.63, 3.8) is 0 Å². The Labute approximate surface area is 143 Å². The molecule has 1 aliphatic heterocycles. The SMILES string of the molecule is Cc1nc(CCNCc2cn[nH]c2-c2ccc3c(c2)OCO3)cs1. The zero-order valence-corrected chi connectivity index (χ0v) is 14.2. The Kier molecular flexibility index (Phi) is 4.18. The quantitative estimate of drug-likeness (QED) is 0.674. The van der Waals surface area contributed by atoms with Crippen LogP contribution in [0.15, 0.2) is 29.8 Å². The molecule has 0 atom stereocenters. The van der Waals surface area contributed by atoms with Crippen LogP contribution in [-0.2, 0) is 13.0 Å². The first-order valence-electron chi connectivity index (χ1n) is 7.83. The summed E-state index contributed by atoms with van der Waals surface area (Å²) < 4.78 is 10.8. The van der Waals surface area contributed by atoms with Crippen molar-refractivity contribution in [3.8, 4) is 22.8 Å². The lowest BCUT2D eigenvalue weighted by molar-refractivity contribution is 0.174. The molecule has 1 aromatic carbocycles. The van der Waals surface area contributed by atoms with Crippen LogP contribution in [0.2, 0.25) is 0 Å². The molecule has 0 saturated carbocycles. The van der Waals surface area contributed by atoms with Crippen LogP contribution in [-0.4, -0.2) is 28.5 Å². The highest BCUT2D eigenvalue weighted by atomic mass is 32.1. The number of aryl methyl sites for hydroxylation is 1. The number of nitrogens with one attached hydrogen (secondary N) is 2. The largest absolute Gasteiger partial charge is 0.454 e. The Hall–Kier alpha value is -2.38. The predicted octanol–water partition coefficient (Wildman–Crippen LogP) is 2.90. The molecule has 124 valence electrons. The Morgan fingerprint density at radius 3 is 3.08 bits per heavy atom. The van der Waals surface area contributed by atoms with E-state index >= 15 is 0 Å². The van der Waals surface area contributed by atoms with E-state index in [0.717, 1.165) is 58.5 Å². The third-order valence-electron chi connectivity index (χ3n) is 3.92. The van der Waals surface area contributed by atoms with E-state index in [1.54, 1.807) is 11.3 Å². The number of thiazole rings is 1. The van der Waals surface area contributed by atoms with Crippen LogP contribution in [0.25, 0.3) is 11.3 Å². The zero-order chi connectivity index (χ0) is 16.4. The minimum Gasteiger partial charge on any atom is -0.454 e. The molecular weight excluding hydrogens is 324 g/mol. The number of aromatic nitrogens is 3. The third-order valence-corrected chi connectivity index (χ3v) is 4.74. The predicted molar refractivity (Wildman–Crippen MR) is 92.4 cm³/mol. The third kappa shape index (κ3) is 3.13. The molecule has 3 aromatic rings. The van der Waals surface area contributed by atoms with Gasteiger partial charge in [-0.25, -0.2) is 4.98 Å². The first-order valence-corrected chi connectivity index (χ1v) is 8.71. The first-order chi connectivity index (χ1) is 11.8. The summed E-state index contributed by atoms with van der Waals surface area (Å²) >= 11 is 1.69. The molecule has 24 heavy (non-hydrogen) atoms. The highest BCUT2D eigenvalue weighted by Gasteiger charge is 2.16. The second-order valence-corrected chi connectivity index (χ2v) is 6.69. The van der Waals surface area contributed by atoms with Gasteiger partial charge in [0.25, 0.3) is 0 Å². The van der Waals surface area contributed by atoms with Gasteiger partial charge in [-0.05, 0) is 25.1 Å². The lowest BCUT2D eigenvalue weighted by Gasteiger charge is -2.06. The molecule has 1 aliphatic rings. The molecule has 0 radical (unpaired) electrons. The van der Waals surface area contributed by atoms with Gasteiger partial charge in [0.2, 0.25) is 6.79 Å². The van der Waals surface area contributed by atoms with Crippen molar-refractivity contribution < 1.29 is 9.47 Å². The van der Waals surface area contributed by atoms with Crippen LogP contribution in [0.4, 0.5) is 0 Å². The van der Waals surface area contributed by atoms with Crippen molar-refractivity contribution in [2.45, 2.75) is 19.9 Å². The van der Waals surface area contributed by atoms with E-state index in [0.29, 0.717) is 0 Å². The number of rotatable bonds is 6. The van der Waals surface area contributed by atoms with Crippen LogP contribution in [0.3, 0.4) is 0 Å². The van der Waals surface area contributed by atoms with Gasteiger partial charge in [0.15, 0.2) is 11.5 Å².